The molecule has 0 heterocycles. The molecule has 0 fully saturated rings. The molecule has 0 aromatic rings. The van der Waals surface area contributed by atoms with Crippen LogP contribution in [-0.2, 0) is 0 Å². The van der Waals surface area contributed by atoms with E-state index in [1.165, 1.54) is 18.2 Å². The summed E-state index contributed by atoms with van der Waals surface area (Å²) >= 11 is 4.77. The van der Waals surface area contributed by atoms with Crippen molar-refractivity contribution < 1.29 is 0 Å². The summed E-state index contributed by atoms with van der Waals surface area (Å²) in [5, 5.41) is 11.4. The Balaban J connectivity index is 3.48. The molecule has 11 heavy (non-hydrogen) atoms. The number of hydrogen-bond donors (Lipinski definition) is 0. The Morgan fingerprint density at radius 3 is 2.55 bits per heavy atom. The van der Waals surface area contributed by atoms with Crippen molar-refractivity contribution in [3.8, 4) is 5.40 Å². The van der Waals surface area contributed by atoms with Crippen LogP contribution in [0.1, 0.15) is 26.7 Å². The fourth-order valence-electron chi connectivity index (χ4n) is 0.754. The molecular weight excluding hydrogens is 222 g/mol. The van der Waals surface area contributed by atoms with Gasteiger partial charge in [0.25, 0.3) is 0 Å². The molecule has 0 N–H and O–H groups in total. The molecule has 0 aliphatic rings. The molecule has 0 atom stereocenters. The standard InChI is InChI=1S/C8H14BrNS/c1-8(2,3-5-9)4-6-11-7-10/h3-6H2,1-2H3. The monoisotopic (exact) mass is 235 g/mol. The van der Waals surface area contributed by atoms with E-state index in [2.05, 4.69) is 35.2 Å². The van der Waals surface area contributed by atoms with Gasteiger partial charge in [-0.15, -0.1) is 0 Å². The minimum Gasteiger partial charge on any atom is -0.185 e. The Hall–Kier alpha value is 0.320. The van der Waals surface area contributed by atoms with E-state index >= 15 is 0 Å². The first-order chi connectivity index (χ1) is 5.12. The Kier molecular flexibility index (Phi) is 6.08. The van der Waals surface area contributed by atoms with Crippen LogP contribution in [-0.4, -0.2) is 11.1 Å². The van der Waals surface area contributed by atoms with Gasteiger partial charge >= 0.3 is 0 Å². The molecule has 0 radical (unpaired) electrons. The molecule has 0 amide bonds. The lowest BCUT2D eigenvalue weighted by Crippen LogP contribution is -2.12. The van der Waals surface area contributed by atoms with Crippen LogP contribution in [0.4, 0.5) is 0 Å². The second kappa shape index (κ2) is 5.91. The summed E-state index contributed by atoms with van der Waals surface area (Å²) in [5.41, 5.74) is 0.382. The Labute approximate surface area is 81.7 Å². The fourth-order valence-corrected chi connectivity index (χ4v) is 2.57. The summed E-state index contributed by atoms with van der Waals surface area (Å²) in [4.78, 5) is 0. The molecule has 0 aliphatic carbocycles. The van der Waals surface area contributed by atoms with Gasteiger partial charge in [-0.1, -0.05) is 29.8 Å². The average Bonchev–Trinajstić information content (AvgIpc) is 1.87. The van der Waals surface area contributed by atoms with Gasteiger partial charge in [-0.3, -0.25) is 0 Å². The molecule has 1 nitrogen and oxygen atoms in total. The summed E-state index contributed by atoms with van der Waals surface area (Å²) in [6, 6.07) is 0. The normalized spacial score (nSPS) is 11.1. The number of hydrogen-bond acceptors (Lipinski definition) is 2. The lowest BCUT2D eigenvalue weighted by molar-refractivity contribution is 0.345. The van der Waals surface area contributed by atoms with E-state index in [0.717, 1.165) is 17.5 Å². The van der Waals surface area contributed by atoms with E-state index in [1.807, 2.05) is 0 Å². The zero-order valence-corrected chi connectivity index (χ0v) is 9.46. The van der Waals surface area contributed by atoms with Crippen molar-refractivity contribution in [1.29, 1.82) is 5.26 Å². The predicted molar refractivity (Wildman–Crippen MR) is 54.9 cm³/mol. The van der Waals surface area contributed by atoms with E-state index in [0.29, 0.717) is 5.41 Å². The van der Waals surface area contributed by atoms with E-state index in [1.54, 1.807) is 0 Å². The molecule has 3 heteroatoms. The lowest BCUT2D eigenvalue weighted by atomic mass is 9.87. The first-order valence-electron chi connectivity index (χ1n) is 3.69. The van der Waals surface area contributed by atoms with Gasteiger partial charge in [-0.05, 0) is 30.0 Å². The molecule has 0 bridgehead atoms. The quantitative estimate of drug-likeness (QED) is 0.415. The number of thioether (sulfide) groups is 1. The minimum atomic E-state index is 0.382. The van der Waals surface area contributed by atoms with Crippen molar-refractivity contribution in [3.05, 3.63) is 0 Å². The van der Waals surface area contributed by atoms with Crippen molar-refractivity contribution in [2.24, 2.45) is 5.41 Å². The third-order valence-electron chi connectivity index (χ3n) is 1.72. The molecule has 0 aromatic heterocycles. The minimum absolute atomic E-state index is 0.382. The second-order valence-electron chi connectivity index (χ2n) is 3.29. The Morgan fingerprint density at radius 2 is 2.09 bits per heavy atom. The van der Waals surface area contributed by atoms with Gasteiger partial charge in [0.2, 0.25) is 0 Å². The summed E-state index contributed by atoms with van der Waals surface area (Å²) < 4.78 is 0. The van der Waals surface area contributed by atoms with Crippen LogP contribution in [0.3, 0.4) is 0 Å². The molecule has 64 valence electrons. The van der Waals surface area contributed by atoms with Gasteiger partial charge < -0.3 is 0 Å². The van der Waals surface area contributed by atoms with Crippen molar-refractivity contribution in [1.82, 2.24) is 0 Å². The van der Waals surface area contributed by atoms with Gasteiger partial charge in [-0.2, -0.15) is 5.26 Å². The Morgan fingerprint density at radius 1 is 1.45 bits per heavy atom. The van der Waals surface area contributed by atoms with Crippen molar-refractivity contribution in [3.63, 3.8) is 0 Å². The summed E-state index contributed by atoms with van der Waals surface area (Å²) in [5.74, 6) is 0.955. The van der Waals surface area contributed by atoms with Crippen LogP contribution in [0.5, 0.6) is 0 Å². The molecule has 0 rings (SSSR count). The molecular formula is C8H14BrNS. The van der Waals surface area contributed by atoms with E-state index < -0.39 is 0 Å². The van der Waals surface area contributed by atoms with Gasteiger partial charge in [-0.25, -0.2) is 0 Å². The van der Waals surface area contributed by atoms with Crippen LogP contribution in [0, 0.1) is 16.1 Å². The molecule has 0 unspecified atom stereocenters. The van der Waals surface area contributed by atoms with E-state index in [4.69, 9.17) is 5.26 Å². The molecule has 0 spiro atoms. The van der Waals surface area contributed by atoms with E-state index in [9.17, 15) is 0 Å². The number of nitrogens with zero attached hydrogens (tertiary/aromatic N) is 1. The SMILES string of the molecule is CC(C)(CCBr)CCSC#N. The zero-order valence-electron chi connectivity index (χ0n) is 7.06. The van der Waals surface area contributed by atoms with E-state index in [-0.39, 0.29) is 0 Å². The highest BCUT2D eigenvalue weighted by Gasteiger charge is 2.15. The van der Waals surface area contributed by atoms with Crippen LogP contribution >= 0.6 is 27.7 Å². The molecule has 0 aromatic carbocycles. The maximum Gasteiger partial charge on any atom is 0.133 e. The largest absolute Gasteiger partial charge is 0.185 e. The molecule has 0 saturated carbocycles. The first kappa shape index (κ1) is 11.3. The van der Waals surface area contributed by atoms with Crippen LogP contribution < -0.4 is 0 Å². The van der Waals surface area contributed by atoms with Gasteiger partial charge in [0.15, 0.2) is 0 Å². The fraction of sp³-hybridized carbons (Fsp3) is 0.875. The average molecular weight is 236 g/mol. The number of rotatable bonds is 5. The number of thiocyanates is 1. The summed E-state index contributed by atoms with van der Waals surface area (Å²) in [6.45, 7) is 4.48. The first-order valence-corrected chi connectivity index (χ1v) is 5.80. The van der Waals surface area contributed by atoms with Crippen molar-refractivity contribution >= 4 is 27.7 Å². The highest BCUT2D eigenvalue weighted by atomic mass is 79.9. The third-order valence-corrected chi connectivity index (χ3v) is 2.65. The third kappa shape index (κ3) is 6.71. The number of alkyl halides is 1. The smallest absolute Gasteiger partial charge is 0.133 e. The number of halogens is 1. The highest BCUT2D eigenvalue weighted by Crippen LogP contribution is 2.27. The molecule has 0 aliphatic heterocycles. The van der Waals surface area contributed by atoms with Crippen molar-refractivity contribution in [2.45, 2.75) is 26.7 Å². The Bertz CT molecular complexity index is 140. The van der Waals surface area contributed by atoms with Crippen LogP contribution in [0.2, 0.25) is 0 Å². The lowest BCUT2D eigenvalue weighted by Gasteiger charge is -2.22. The van der Waals surface area contributed by atoms with Gasteiger partial charge in [0.05, 0.1) is 0 Å². The summed E-state index contributed by atoms with van der Waals surface area (Å²) in [6.07, 6.45) is 2.30. The maximum atomic E-state index is 8.30. The van der Waals surface area contributed by atoms with Crippen molar-refractivity contribution in [2.75, 3.05) is 11.1 Å². The maximum absolute atomic E-state index is 8.30. The number of nitriles is 1. The van der Waals surface area contributed by atoms with Crippen LogP contribution in [0.25, 0.3) is 0 Å². The predicted octanol–water partition coefficient (Wildman–Crippen LogP) is 3.40. The zero-order chi connectivity index (χ0) is 8.74. The van der Waals surface area contributed by atoms with Crippen LogP contribution in [0.15, 0.2) is 0 Å². The van der Waals surface area contributed by atoms with Gasteiger partial charge in [0, 0.05) is 11.1 Å². The topological polar surface area (TPSA) is 23.8 Å². The highest BCUT2D eigenvalue weighted by molar-refractivity contribution is 9.09. The van der Waals surface area contributed by atoms with Gasteiger partial charge in [0.1, 0.15) is 5.40 Å². The molecule has 0 saturated heterocycles. The second-order valence-corrected chi connectivity index (χ2v) is 4.97. The summed E-state index contributed by atoms with van der Waals surface area (Å²) in [7, 11) is 0.